The summed E-state index contributed by atoms with van der Waals surface area (Å²) in [6.45, 7) is 1.93. The van der Waals surface area contributed by atoms with E-state index >= 15 is 0 Å². The first-order valence-corrected chi connectivity index (χ1v) is 5.74. The van der Waals surface area contributed by atoms with E-state index in [9.17, 15) is 4.79 Å². The van der Waals surface area contributed by atoms with E-state index in [0.717, 1.165) is 11.4 Å². The monoisotopic (exact) mass is 256 g/mol. The number of ether oxygens (including phenoxy) is 1. The van der Waals surface area contributed by atoms with Gasteiger partial charge in [0.15, 0.2) is 5.69 Å². The summed E-state index contributed by atoms with van der Waals surface area (Å²) in [7, 11) is 1.34. The third kappa shape index (κ3) is 2.31. The predicted molar refractivity (Wildman–Crippen MR) is 66.8 cm³/mol. The van der Waals surface area contributed by atoms with Gasteiger partial charge in [-0.1, -0.05) is 12.1 Å². The van der Waals surface area contributed by atoms with Gasteiger partial charge in [0.2, 0.25) is 0 Å². The lowest BCUT2D eigenvalue weighted by Crippen LogP contribution is -2.04. The second-order valence-corrected chi connectivity index (χ2v) is 3.80. The van der Waals surface area contributed by atoms with Crippen LogP contribution in [0.2, 0.25) is 0 Å². The number of hydrogen-bond donors (Lipinski definition) is 0. The van der Waals surface area contributed by atoms with Gasteiger partial charge in [-0.05, 0) is 30.7 Å². The minimum Gasteiger partial charge on any atom is -0.465 e. The van der Waals surface area contributed by atoms with Gasteiger partial charge in [0.25, 0.3) is 0 Å². The molecule has 0 saturated heterocycles. The summed E-state index contributed by atoms with van der Waals surface area (Å²) in [5.41, 5.74) is 2.27. The van der Waals surface area contributed by atoms with Crippen molar-refractivity contribution in [2.24, 2.45) is 0 Å². The summed E-state index contributed by atoms with van der Waals surface area (Å²) in [5.74, 6) is -0.390. The SMILES string of the molecule is CCc1c(C#N)nnn1-c1ccc(C(=O)OC)cc1. The van der Waals surface area contributed by atoms with E-state index in [4.69, 9.17) is 5.26 Å². The number of carbonyl (C=O) groups is 1. The highest BCUT2D eigenvalue weighted by Gasteiger charge is 2.12. The van der Waals surface area contributed by atoms with Gasteiger partial charge in [-0.25, -0.2) is 9.48 Å². The molecule has 2 aromatic rings. The van der Waals surface area contributed by atoms with Crippen molar-refractivity contribution in [1.29, 1.82) is 5.26 Å². The Hall–Kier alpha value is -2.68. The number of nitrogens with zero attached hydrogens (tertiary/aromatic N) is 4. The summed E-state index contributed by atoms with van der Waals surface area (Å²) in [4.78, 5) is 11.3. The third-order valence-corrected chi connectivity index (χ3v) is 2.74. The molecule has 6 heteroatoms. The van der Waals surface area contributed by atoms with Crippen LogP contribution in [0.25, 0.3) is 5.69 Å². The number of hydrogen-bond acceptors (Lipinski definition) is 5. The lowest BCUT2D eigenvalue weighted by Gasteiger charge is -2.05. The molecular weight excluding hydrogens is 244 g/mol. The standard InChI is InChI=1S/C13H12N4O2/c1-3-12-11(8-14)15-16-17(12)10-6-4-9(5-7-10)13(18)19-2/h4-7H,3H2,1-2H3. The van der Waals surface area contributed by atoms with Crippen LogP contribution in [0.4, 0.5) is 0 Å². The molecule has 0 aliphatic heterocycles. The maximum absolute atomic E-state index is 11.3. The molecule has 1 aromatic heterocycles. The fourth-order valence-corrected chi connectivity index (χ4v) is 1.77. The molecular formula is C13H12N4O2. The number of methoxy groups -OCH3 is 1. The highest BCUT2D eigenvalue weighted by atomic mass is 16.5. The van der Waals surface area contributed by atoms with Gasteiger partial charge < -0.3 is 4.74 Å². The minimum atomic E-state index is -0.390. The first kappa shape index (κ1) is 12.8. The Kier molecular flexibility index (Phi) is 3.57. The van der Waals surface area contributed by atoms with E-state index in [2.05, 4.69) is 15.0 Å². The van der Waals surface area contributed by atoms with Crippen LogP contribution < -0.4 is 0 Å². The second-order valence-electron chi connectivity index (χ2n) is 3.80. The zero-order chi connectivity index (χ0) is 13.8. The van der Waals surface area contributed by atoms with Crippen LogP contribution in [-0.4, -0.2) is 28.1 Å². The van der Waals surface area contributed by atoms with Crippen molar-refractivity contribution in [2.45, 2.75) is 13.3 Å². The van der Waals surface area contributed by atoms with Crippen LogP contribution in [0.1, 0.15) is 28.7 Å². The van der Waals surface area contributed by atoms with Gasteiger partial charge in [0.05, 0.1) is 24.1 Å². The molecule has 1 aromatic carbocycles. The lowest BCUT2D eigenvalue weighted by molar-refractivity contribution is 0.0601. The number of benzene rings is 1. The second kappa shape index (κ2) is 5.31. The lowest BCUT2D eigenvalue weighted by atomic mass is 10.2. The van der Waals surface area contributed by atoms with Crippen molar-refractivity contribution in [3.8, 4) is 11.8 Å². The van der Waals surface area contributed by atoms with Crippen LogP contribution in [0.3, 0.4) is 0 Å². The topological polar surface area (TPSA) is 80.8 Å². The highest BCUT2D eigenvalue weighted by molar-refractivity contribution is 5.89. The molecule has 19 heavy (non-hydrogen) atoms. The average molecular weight is 256 g/mol. The average Bonchev–Trinajstić information content (AvgIpc) is 2.89. The molecule has 0 radical (unpaired) electrons. The Morgan fingerprint density at radius 3 is 2.63 bits per heavy atom. The quantitative estimate of drug-likeness (QED) is 0.777. The van der Waals surface area contributed by atoms with Crippen molar-refractivity contribution < 1.29 is 9.53 Å². The summed E-state index contributed by atoms with van der Waals surface area (Å²) in [6, 6.07) is 8.78. The molecule has 0 aliphatic carbocycles. The van der Waals surface area contributed by atoms with Crippen molar-refractivity contribution in [2.75, 3.05) is 7.11 Å². The maximum atomic E-state index is 11.3. The molecule has 0 amide bonds. The van der Waals surface area contributed by atoms with Gasteiger partial charge in [-0.3, -0.25) is 0 Å². The number of nitriles is 1. The molecule has 0 atom stereocenters. The van der Waals surface area contributed by atoms with E-state index in [0.29, 0.717) is 17.7 Å². The van der Waals surface area contributed by atoms with E-state index in [1.165, 1.54) is 7.11 Å². The van der Waals surface area contributed by atoms with Gasteiger partial charge in [-0.2, -0.15) is 5.26 Å². The molecule has 0 unspecified atom stereocenters. The van der Waals surface area contributed by atoms with E-state index in [1.807, 2.05) is 13.0 Å². The first-order chi connectivity index (χ1) is 9.21. The Balaban J connectivity index is 2.41. The molecule has 2 rings (SSSR count). The number of aromatic nitrogens is 3. The van der Waals surface area contributed by atoms with Gasteiger partial charge in [-0.15, -0.1) is 5.10 Å². The summed E-state index contributed by atoms with van der Waals surface area (Å²) in [5, 5.41) is 16.7. The van der Waals surface area contributed by atoms with Crippen molar-refractivity contribution in [1.82, 2.24) is 15.0 Å². The Morgan fingerprint density at radius 2 is 2.11 bits per heavy atom. The molecule has 96 valence electrons. The highest BCUT2D eigenvalue weighted by Crippen LogP contribution is 2.14. The van der Waals surface area contributed by atoms with Crippen LogP contribution in [0.5, 0.6) is 0 Å². The van der Waals surface area contributed by atoms with Crippen molar-refractivity contribution >= 4 is 5.97 Å². The van der Waals surface area contributed by atoms with Crippen molar-refractivity contribution in [3.63, 3.8) is 0 Å². The van der Waals surface area contributed by atoms with Crippen LogP contribution >= 0.6 is 0 Å². The summed E-state index contributed by atoms with van der Waals surface area (Å²) in [6.07, 6.45) is 0.647. The first-order valence-electron chi connectivity index (χ1n) is 5.74. The maximum Gasteiger partial charge on any atom is 0.337 e. The van der Waals surface area contributed by atoms with Crippen LogP contribution in [0.15, 0.2) is 24.3 Å². The van der Waals surface area contributed by atoms with Gasteiger partial charge in [0, 0.05) is 0 Å². The largest absolute Gasteiger partial charge is 0.465 e. The Labute approximate surface area is 110 Å². The van der Waals surface area contributed by atoms with Gasteiger partial charge in [0.1, 0.15) is 6.07 Å². The third-order valence-electron chi connectivity index (χ3n) is 2.74. The van der Waals surface area contributed by atoms with Crippen LogP contribution in [0, 0.1) is 11.3 Å². The van der Waals surface area contributed by atoms with E-state index < -0.39 is 5.97 Å². The fourth-order valence-electron chi connectivity index (χ4n) is 1.77. The smallest absolute Gasteiger partial charge is 0.337 e. The molecule has 0 aliphatic rings. The fraction of sp³-hybridized carbons (Fsp3) is 0.231. The molecule has 0 spiro atoms. The molecule has 0 fully saturated rings. The van der Waals surface area contributed by atoms with E-state index in [-0.39, 0.29) is 0 Å². The number of rotatable bonds is 3. The molecule has 0 bridgehead atoms. The minimum absolute atomic E-state index is 0.319. The molecule has 0 saturated carbocycles. The molecule has 1 heterocycles. The zero-order valence-electron chi connectivity index (χ0n) is 10.6. The summed E-state index contributed by atoms with van der Waals surface area (Å²) >= 11 is 0. The predicted octanol–water partition coefficient (Wildman–Crippen LogP) is 1.49. The van der Waals surface area contributed by atoms with Gasteiger partial charge >= 0.3 is 5.97 Å². The number of esters is 1. The molecule has 6 nitrogen and oxygen atoms in total. The Morgan fingerprint density at radius 1 is 1.42 bits per heavy atom. The number of carbonyl (C=O) groups excluding carboxylic acids is 1. The van der Waals surface area contributed by atoms with E-state index in [1.54, 1.807) is 28.9 Å². The van der Waals surface area contributed by atoms with Crippen LogP contribution in [-0.2, 0) is 11.2 Å². The van der Waals surface area contributed by atoms with Crippen molar-refractivity contribution in [3.05, 3.63) is 41.2 Å². The zero-order valence-corrected chi connectivity index (χ0v) is 10.6. The Bertz CT molecular complexity index is 638. The normalized spacial score (nSPS) is 9.95. The molecule has 0 N–H and O–H groups in total. The summed E-state index contributed by atoms with van der Waals surface area (Å²) < 4.78 is 6.23.